The SMILES string of the molecule is CN=C(NC)NC(=O)c1cc2c(Cl)cc(Cl)cc2[nH]1.Cl. The van der Waals surface area contributed by atoms with E-state index < -0.39 is 0 Å². The van der Waals surface area contributed by atoms with Crippen LogP contribution in [0.3, 0.4) is 0 Å². The third kappa shape index (κ3) is 3.36. The Morgan fingerprint density at radius 1 is 1.30 bits per heavy atom. The van der Waals surface area contributed by atoms with E-state index in [0.29, 0.717) is 27.2 Å². The van der Waals surface area contributed by atoms with Crippen molar-refractivity contribution in [1.29, 1.82) is 0 Å². The summed E-state index contributed by atoms with van der Waals surface area (Å²) in [6.07, 6.45) is 0. The average Bonchev–Trinajstić information content (AvgIpc) is 2.79. The van der Waals surface area contributed by atoms with Crippen LogP contribution in [0.4, 0.5) is 0 Å². The molecule has 0 saturated carbocycles. The van der Waals surface area contributed by atoms with Gasteiger partial charge in [0.2, 0.25) is 0 Å². The fourth-order valence-electron chi connectivity index (χ4n) is 1.69. The van der Waals surface area contributed by atoms with Gasteiger partial charge in [0.25, 0.3) is 5.91 Å². The molecule has 0 aliphatic rings. The van der Waals surface area contributed by atoms with E-state index in [9.17, 15) is 4.79 Å². The Balaban J connectivity index is 0.00000200. The summed E-state index contributed by atoms with van der Waals surface area (Å²) in [5, 5.41) is 7.14. The number of hydrogen-bond acceptors (Lipinski definition) is 2. The Kier molecular flexibility index (Phi) is 5.68. The van der Waals surface area contributed by atoms with E-state index >= 15 is 0 Å². The normalized spacial score (nSPS) is 11.1. The van der Waals surface area contributed by atoms with Gasteiger partial charge >= 0.3 is 0 Å². The lowest BCUT2D eigenvalue weighted by Gasteiger charge is -2.05. The molecule has 3 N–H and O–H groups in total. The first kappa shape index (κ1) is 16.6. The van der Waals surface area contributed by atoms with Crippen LogP contribution < -0.4 is 10.6 Å². The van der Waals surface area contributed by atoms with Crippen molar-refractivity contribution in [3.8, 4) is 0 Å². The zero-order valence-electron chi connectivity index (χ0n) is 10.8. The number of rotatable bonds is 1. The number of halogens is 3. The average molecular weight is 336 g/mol. The molecule has 0 atom stereocenters. The fraction of sp³-hybridized carbons (Fsp3) is 0.167. The molecule has 1 aromatic heterocycles. The second-order valence-corrected chi connectivity index (χ2v) is 4.65. The van der Waals surface area contributed by atoms with Gasteiger partial charge in [-0.1, -0.05) is 23.2 Å². The Morgan fingerprint density at radius 2 is 2.00 bits per heavy atom. The van der Waals surface area contributed by atoms with Crippen LogP contribution in [0.5, 0.6) is 0 Å². The largest absolute Gasteiger partial charge is 0.359 e. The number of aliphatic imine (C=N–C) groups is 1. The summed E-state index contributed by atoms with van der Waals surface area (Å²) in [4.78, 5) is 18.8. The van der Waals surface area contributed by atoms with Crippen LogP contribution in [-0.4, -0.2) is 30.9 Å². The first-order valence-corrected chi connectivity index (χ1v) is 6.24. The highest BCUT2D eigenvalue weighted by Gasteiger charge is 2.13. The summed E-state index contributed by atoms with van der Waals surface area (Å²) in [7, 11) is 3.25. The molecule has 8 heteroatoms. The number of guanidine groups is 1. The molecule has 108 valence electrons. The summed E-state index contributed by atoms with van der Waals surface area (Å²) in [5.74, 6) is 0.0751. The first-order valence-electron chi connectivity index (χ1n) is 5.48. The number of H-pyrrole nitrogens is 1. The van der Waals surface area contributed by atoms with Crippen LogP contribution in [0.15, 0.2) is 23.2 Å². The molecule has 5 nitrogen and oxygen atoms in total. The van der Waals surface area contributed by atoms with E-state index in [0.717, 1.165) is 5.39 Å². The minimum absolute atomic E-state index is 0. The number of benzene rings is 1. The maximum absolute atomic E-state index is 12.0. The summed E-state index contributed by atoms with van der Waals surface area (Å²) < 4.78 is 0. The third-order valence-electron chi connectivity index (χ3n) is 2.59. The molecule has 1 amide bonds. The van der Waals surface area contributed by atoms with Crippen LogP contribution in [0.2, 0.25) is 10.0 Å². The number of carbonyl (C=O) groups is 1. The zero-order chi connectivity index (χ0) is 14.0. The standard InChI is InChI=1S/C12H12Cl2N4O.ClH/c1-15-12(16-2)18-11(19)10-5-7-8(14)3-6(13)4-9(7)17-10;/h3-5,17H,1-2H3,(H2,15,16,18,19);1H. The Bertz CT molecular complexity index is 666. The van der Waals surface area contributed by atoms with Gasteiger partial charge in [0.15, 0.2) is 5.96 Å². The molecule has 1 heterocycles. The van der Waals surface area contributed by atoms with Crippen LogP contribution >= 0.6 is 35.6 Å². The van der Waals surface area contributed by atoms with Crippen molar-refractivity contribution in [2.24, 2.45) is 4.99 Å². The first-order chi connectivity index (χ1) is 9.05. The Morgan fingerprint density at radius 3 is 2.60 bits per heavy atom. The summed E-state index contributed by atoms with van der Waals surface area (Å²) in [5.41, 5.74) is 1.10. The topological polar surface area (TPSA) is 69.3 Å². The number of fused-ring (bicyclic) bond motifs is 1. The molecule has 0 unspecified atom stereocenters. The quantitative estimate of drug-likeness (QED) is 0.554. The van der Waals surface area contributed by atoms with Gasteiger partial charge in [-0.15, -0.1) is 12.4 Å². The van der Waals surface area contributed by atoms with Gasteiger partial charge in [0.05, 0.1) is 5.02 Å². The number of amides is 1. The number of nitrogens with one attached hydrogen (secondary N) is 3. The van der Waals surface area contributed by atoms with Crippen LogP contribution in [0, 0.1) is 0 Å². The Hall–Kier alpha value is -1.43. The number of aromatic amines is 1. The summed E-state index contributed by atoms with van der Waals surface area (Å²) >= 11 is 12.0. The van der Waals surface area contributed by atoms with Crippen LogP contribution in [-0.2, 0) is 0 Å². The summed E-state index contributed by atoms with van der Waals surface area (Å²) in [6.45, 7) is 0. The highest BCUT2D eigenvalue weighted by atomic mass is 35.5. The highest BCUT2D eigenvalue weighted by molar-refractivity contribution is 6.38. The van der Waals surface area contributed by atoms with Gasteiger partial charge in [-0.05, 0) is 18.2 Å². The predicted molar refractivity (Wildman–Crippen MR) is 85.5 cm³/mol. The lowest BCUT2D eigenvalue weighted by Crippen LogP contribution is -2.39. The van der Waals surface area contributed by atoms with Crippen molar-refractivity contribution in [1.82, 2.24) is 15.6 Å². The highest BCUT2D eigenvalue weighted by Crippen LogP contribution is 2.28. The number of carbonyl (C=O) groups excluding carboxylic acids is 1. The molecule has 0 radical (unpaired) electrons. The molecule has 0 fully saturated rings. The van der Waals surface area contributed by atoms with Gasteiger partial charge in [-0.2, -0.15) is 0 Å². The molecule has 20 heavy (non-hydrogen) atoms. The maximum atomic E-state index is 12.0. The molecule has 0 aliphatic carbocycles. The molecule has 0 aliphatic heterocycles. The lowest BCUT2D eigenvalue weighted by molar-refractivity contribution is 0.0972. The van der Waals surface area contributed by atoms with E-state index in [1.807, 2.05) is 0 Å². The van der Waals surface area contributed by atoms with Crippen molar-refractivity contribution in [2.75, 3.05) is 14.1 Å². The molecule has 0 spiro atoms. The Labute approximate surface area is 132 Å². The van der Waals surface area contributed by atoms with Crippen LogP contribution in [0.1, 0.15) is 10.5 Å². The zero-order valence-corrected chi connectivity index (χ0v) is 13.1. The van der Waals surface area contributed by atoms with Gasteiger partial charge in [0, 0.05) is 30.0 Å². The predicted octanol–water partition coefficient (Wildman–Crippen LogP) is 2.83. The number of aromatic nitrogens is 1. The molecule has 0 saturated heterocycles. The van der Waals surface area contributed by atoms with Crippen LogP contribution in [0.25, 0.3) is 10.9 Å². The molecule has 1 aromatic carbocycles. The molecule has 2 aromatic rings. The van der Waals surface area contributed by atoms with Gasteiger partial charge in [-0.25, -0.2) is 0 Å². The second kappa shape index (κ2) is 6.83. The molecular formula is C12H13Cl3N4O. The lowest BCUT2D eigenvalue weighted by atomic mass is 10.2. The van der Waals surface area contributed by atoms with E-state index in [-0.39, 0.29) is 18.3 Å². The van der Waals surface area contributed by atoms with E-state index in [1.54, 1.807) is 32.3 Å². The minimum atomic E-state index is -0.307. The van der Waals surface area contributed by atoms with E-state index in [1.165, 1.54) is 0 Å². The van der Waals surface area contributed by atoms with Crippen molar-refractivity contribution >= 4 is 58.4 Å². The minimum Gasteiger partial charge on any atom is -0.359 e. The van der Waals surface area contributed by atoms with Crippen molar-refractivity contribution < 1.29 is 4.79 Å². The second-order valence-electron chi connectivity index (χ2n) is 3.81. The smallest absolute Gasteiger partial charge is 0.274 e. The van der Waals surface area contributed by atoms with Crippen molar-refractivity contribution in [2.45, 2.75) is 0 Å². The van der Waals surface area contributed by atoms with E-state index in [4.69, 9.17) is 23.2 Å². The van der Waals surface area contributed by atoms with E-state index in [2.05, 4.69) is 20.6 Å². The monoisotopic (exact) mass is 334 g/mol. The fourth-order valence-corrected chi connectivity index (χ4v) is 2.24. The maximum Gasteiger partial charge on any atom is 0.274 e. The van der Waals surface area contributed by atoms with Crippen molar-refractivity contribution in [3.63, 3.8) is 0 Å². The number of nitrogens with zero attached hydrogens (tertiary/aromatic N) is 1. The summed E-state index contributed by atoms with van der Waals surface area (Å²) in [6, 6.07) is 5.02. The molecular weight excluding hydrogens is 323 g/mol. The molecule has 2 rings (SSSR count). The third-order valence-corrected chi connectivity index (χ3v) is 3.12. The van der Waals surface area contributed by atoms with Crippen molar-refractivity contribution in [3.05, 3.63) is 33.9 Å². The molecule has 0 bridgehead atoms. The number of hydrogen-bond donors (Lipinski definition) is 3. The van der Waals surface area contributed by atoms with Gasteiger partial charge in [-0.3, -0.25) is 15.1 Å². The van der Waals surface area contributed by atoms with Gasteiger partial charge in [0.1, 0.15) is 5.69 Å². The van der Waals surface area contributed by atoms with Gasteiger partial charge < -0.3 is 10.3 Å².